The molecular weight excluding hydrogens is 274 g/mol. The zero-order chi connectivity index (χ0) is 10.3. The van der Waals surface area contributed by atoms with Gasteiger partial charge in [0.15, 0.2) is 5.82 Å². The number of halogens is 3. The molecule has 0 aliphatic carbocycles. The second kappa shape index (κ2) is 3.33. The molecule has 0 atom stereocenters. The van der Waals surface area contributed by atoms with E-state index < -0.39 is 11.5 Å². The molecular formula is C8H3BrClFN2O. The normalized spacial score (nSPS) is 10.8. The molecule has 0 aliphatic rings. The smallest absolute Gasteiger partial charge is 0.303 e. The van der Waals surface area contributed by atoms with Crippen molar-refractivity contribution in [2.75, 3.05) is 0 Å². The van der Waals surface area contributed by atoms with Crippen LogP contribution >= 0.6 is 27.5 Å². The van der Waals surface area contributed by atoms with E-state index in [0.29, 0.717) is 5.39 Å². The lowest BCUT2D eigenvalue weighted by Crippen LogP contribution is -2.09. The summed E-state index contributed by atoms with van der Waals surface area (Å²) < 4.78 is 13.6. The van der Waals surface area contributed by atoms with E-state index in [4.69, 9.17) is 11.6 Å². The van der Waals surface area contributed by atoms with Crippen LogP contribution in [-0.4, -0.2) is 9.97 Å². The zero-order valence-corrected chi connectivity index (χ0v) is 8.99. The Balaban J connectivity index is 2.99. The van der Waals surface area contributed by atoms with Crippen molar-refractivity contribution in [1.82, 2.24) is 9.97 Å². The lowest BCUT2D eigenvalue weighted by Gasteiger charge is -2.02. The van der Waals surface area contributed by atoms with Gasteiger partial charge in [0.05, 0.1) is 15.0 Å². The molecule has 1 N–H and O–H groups in total. The third kappa shape index (κ3) is 1.42. The highest BCUT2D eigenvalue weighted by molar-refractivity contribution is 9.10. The molecule has 0 bridgehead atoms. The molecule has 0 aliphatic heterocycles. The molecule has 14 heavy (non-hydrogen) atoms. The SMILES string of the molecule is O=c1ncc2cc(Cl)c(Br)c(F)c2[nH]1. The van der Waals surface area contributed by atoms with Crippen molar-refractivity contribution in [1.29, 1.82) is 0 Å². The first-order chi connectivity index (χ1) is 6.59. The van der Waals surface area contributed by atoms with Crippen LogP contribution in [0.25, 0.3) is 10.9 Å². The van der Waals surface area contributed by atoms with Crippen molar-refractivity contribution in [3.63, 3.8) is 0 Å². The van der Waals surface area contributed by atoms with Crippen LogP contribution in [0.2, 0.25) is 5.02 Å². The Morgan fingerprint density at radius 2 is 2.29 bits per heavy atom. The Hall–Kier alpha value is -0.940. The molecule has 1 aromatic heterocycles. The minimum Gasteiger partial charge on any atom is -0.303 e. The van der Waals surface area contributed by atoms with Gasteiger partial charge in [-0.3, -0.25) is 0 Å². The van der Waals surface area contributed by atoms with Gasteiger partial charge in [-0.05, 0) is 22.0 Å². The zero-order valence-electron chi connectivity index (χ0n) is 6.64. The van der Waals surface area contributed by atoms with Crippen LogP contribution < -0.4 is 5.69 Å². The quantitative estimate of drug-likeness (QED) is 0.752. The Kier molecular flexibility index (Phi) is 2.28. The Morgan fingerprint density at radius 3 is 3.00 bits per heavy atom. The molecule has 0 saturated heterocycles. The average Bonchev–Trinajstić information content (AvgIpc) is 2.16. The molecule has 3 nitrogen and oxygen atoms in total. The molecule has 0 saturated carbocycles. The molecule has 6 heteroatoms. The van der Waals surface area contributed by atoms with Gasteiger partial charge in [0.1, 0.15) is 0 Å². The van der Waals surface area contributed by atoms with Crippen LogP contribution in [0.5, 0.6) is 0 Å². The number of nitrogens with one attached hydrogen (secondary N) is 1. The molecule has 1 heterocycles. The molecule has 0 unspecified atom stereocenters. The first kappa shape index (κ1) is 9.61. The van der Waals surface area contributed by atoms with E-state index in [2.05, 4.69) is 25.9 Å². The van der Waals surface area contributed by atoms with Gasteiger partial charge in [0.25, 0.3) is 0 Å². The summed E-state index contributed by atoms with van der Waals surface area (Å²) in [6.45, 7) is 0. The van der Waals surface area contributed by atoms with Gasteiger partial charge in [-0.15, -0.1) is 0 Å². The number of fused-ring (bicyclic) bond motifs is 1. The van der Waals surface area contributed by atoms with Crippen LogP contribution in [0.15, 0.2) is 21.5 Å². The average molecular weight is 277 g/mol. The maximum absolute atomic E-state index is 13.5. The van der Waals surface area contributed by atoms with E-state index in [1.807, 2.05) is 0 Å². The number of nitrogens with zero attached hydrogens (tertiary/aromatic N) is 1. The topological polar surface area (TPSA) is 45.8 Å². The van der Waals surface area contributed by atoms with Gasteiger partial charge < -0.3 is 4.98 Å². The minimum absolute atomic E-state index is 0.0984. The third-order valence-corrected chi connectivity index (χ3v) is 3.05. The fourth-order valence-electron chi connectivity index (χ4n) is 1.11. The maximum atomic E-state index is 13.5. The predicted molar refractivity (Wildman–Crippen MR) is 55.0 cm³/mol. The number of hydrogen-bond donors (Lipinski definition) is 1. The summed E-state index contributed by atoms with van der Waals surface area (Å²) in [6.07, 6.45) is 1.27. The van der Waals surface area contributed by atoms with Gasteiger partial charge in [-0.2, -0.15) is 0 Å². The summed E-state index contributed by atoms with van der Waals surface area (Å²) in [4.78, 5) is 16.6. The van der Waals surface area contributed by atoms with Crippen LogP contribution in [-0.2, 0) is 0 Å². The summed E-state index contributed by atoms with van der Waals surface area (Å²) in [5.74, 6) is -0.591. The molecule has 0 spiro atoms. The van der Waals surface area contributed by atoms with Gasteiger partial charge in [-0.25, -0.2) is 14.2 Å². The summed E-state index contributed by atoms with van der Waals surface area (Å²) in [5, 5.41) is 0.694. The summed E-state index contributed by atoms with van der Waals surface area (Å²) in [6, 6.07) is 1.52. The van der Waals surface area contributed by atoms with Crippen molar-refractivity contribution in [2.24, 2.45) is 0 Å². The summed E-state index contributed by atoms with van der Waals surface area (Å²) in [7, 11) is 0. The van der Waals surface area contributed by atoms with E-state index in [9.17, 15) is 9.18 Å². The predicted octanol–water partition coefficient (Wildman–Crippen LogP) is 2.48. The van der Waals surface area contributed by atoms with Crippen LogP contribution in [0.1, 0.15) is 0 Å². The molecule has 2 aromatic rings. The van der Waals surface area contributed by atoms with Crippen molar-refractivity contribution >= 4 is 38.4 Å². The van der Waals surface area contributed by atoms with Gasteiger partial charge in [0.2, 0.25) is 0 Å². The van der Waals surface area contributed by atoms with Crippen molar-refractivity contribution < 1.29 is 4.39 Å². The molecule has 0 fully saturated rings. The lowest BCUT2D eigenvalue weighted by molar-refractivity contribution is 0.629. The molecule has 0 amide bonds. The third-order valence-electron chi connectivity index (χ3n) is 1.75. The second-order valence-corrected chi connectivity index (χ2v) is 3.84. The van der Waals surface area contributed by atoms with Crippen LogP contribution in [0.3, 0.4) is 0 Å². The number of rotatable bonds is 0. The summed E-state index contributed by atoms with van der Waals surface area (Å²) in [5.41, 5.74) is -0.494. The highest BCUT2D eigenvalue weighted by Crippen LogP contribution is 2.30. The van der Waals surface area contributed by atoms with Crippen LogP contribution in [0.4, 0.5) is 4.39 Å². The molecule has 0 radical (unpaired) electrons. The van der Waals surface area contributed by atoms with Gasteiger partial charge in [0, 0.05) is 11.6 Å². The lowest BCUT2D eigenvalue weighted by atomic mass is 10.2. The number of aromatic nitrogens is 2. The standard InChI is InChI=1S/C8H3BrClFN2O/c9-5-4(10)1-3-2-12-8(14)13-7(3)6(5)11/h1-2H,(H,12,13,14). The van der Waals surface area contributed by atoms with Gasteiger partial charge in [-0.1, -0.05) is 11.6 Å². The maximum Gasteiger partial charge on any atom is 0.345 e. The monoisotopic (exact) mass is 276 g/mol. The number of hydrogen-bond acceptors (Lipinski definition) is 2. The first-order valence-corrected chi connectivity index (χ1v) is 4.79. The molecule has 72 valence electrons. The summed E-state index contributed by atoms with van der Waals surface area (Å²) >= 11 is 8.70. The highest BCUT2D eigenvalue weighted by Gasteiger charge is 2.10. The van der Waals surface area contributed by atoms with E-state index in [1.165, 1.54) is 12.3 Å². The number of benzene rings is 1. The van der Waals surface area contributed by atoms with Crippen molar-refractivity contribution in [3.8, 4) is 0 Å². The fraction of sp³-hybridized carbons (Fsp3) is 0. The Labute approximate surface area is 91.1 Å². The number of H-pyrrole nitrogens is 1. The van der Waals surface area contributed by atoms with Crippen molar-refractivity contribution in [2.45, 2.75) is 0 Å². The largest absolute Gasteiger partial charge is 0.345 e. The Bertz CT molecular complexity index is 569. The van der Waals surface area contributed by atoms with Crippen molar-refractivity contribution in [3.05, 3.63) is 38.1 Å². The van der Waals surface area contributed by atoms with E-state index >= 15 is 0 Å². The molecule has 1 aromatic carbocycles. The second-order valence-electron chi connectivity index (χ2n) is 2.64. The number of aromatic amines is 1. The Morgan fingerprint density at radius 1 is 1.57 bits per heavy atom. The minimum atomic E-state index is -0.592. The van der Waals surface area contributed by atoms with Gasteiger partial charge >= 0.3 is 5.69 Å². The fourth-order valence-corrected chi connectivity index (χ4v) is 1.62. The van der Waals surface area contributed by atoms with E-state index in [0.717, 1.165) is 0 Å². The van der Waals surface area contributed by atoms with E-state index in [-0.39, 0.29) is 15.0 Å². The first-order valence-electron chi connectivity index (χ1n) is 3.62. The van der Waals surface area contributed by atoms with E-state index in [1.54, 1.807) is 0 Å². The van der Waals surface area contributed by atoms with Crippen LogP contribution in [0, 0.1) is 5.82 Å². The highest BCUT2D eigenvalue weighted by atomic mass is 79.9. The molecule has 2 rings (SSSR count).